The Labute approximate surface area is 258 Å². The van der Waals surface area contributed by atoms with Crippen LogP contribution < -0.4 is 23.8 Å². The summed E-state index contributed by atoms with van der Waals surface area (Å²) in [6.45, 7) is 3.55. The zero-order valence-electron chi connectivity index (χ0n) is 25.0. The number of amides is 2. The lowest BCUT2D eigenvalue weighted by Gasteiger charge is -2.32. The van der Waals surface area contributed by atoms with Crippen molar-refractivity contribution in [3.8, 4) is 17.2 Å². The third-order valence-electron chi connectivity index (χ3n) is 6.82. The molecule has 1 atom stereocenters. The van der Waals surface area contributed by atoms with Crippen molar-refractivity contribution in [2.75, 3.05) is 38.7 Å². The topological polar surface area (TPSA) is 114 Å². The molecule has 1 N–H and O–H groups in total. The van der Waals surface area contributed by atoms with Gasteiger partial charge in [-0.15, -0.1) is 0 Å². The molecule has 0 bridgehead atoms. The first-order valence-electron chi connectivity index (χ1n) is 13.8. The number of nitrogens with one attached hydrogen (secondary N) is 1. The number of sulfonamides is 1. The first kappa shape index (κ1) is 33.5. The van der Waals surface area contributed by atoms with E-state index in [4.69, 9.17) is 25.8 Å². The summed E-state index contributed by atoms with van der Waals surface area (Å²) in [4.78, 5) is 28.4. The van der Waals surface area contributed by atoms with Gasteiger partial charge in [-0.2, -0.15) is 0 Å². The van der Waals surface area contributed by atoms with Crippen LogP contribution in [0.2, 0.25) is 5.02 Å². The number of methoxy groups -OCH3 is 3. The van der Waals surface area contributed by atoms with Crippen LogP contribution in [0.1, 0.15) is 32.3 Å². The van der Waals surface area contributed by atoms with Crippen LogP contribution in [0.25, 0.3) is 0 Å². The monoisotopic (exact) mass is 631 g/mol. The lowest BCUT2D eigenvalue weighted by Crippen LogP contribution is -2.51. The Balaban J connectivity index is 2.05. The Kier molecular flexibility index (Phi) is 12.1. The van der Waals surface area contributed by atoms with Gasteiger partial charge in [0.05, 0.1) is 31.9 Å². The Morgan fingerprint density at radius 2 is 1.63 bits per heavy atom. The molecular weight excluding hydrogens is 594 g/mol. The van der Waals surface area contributed by atoms with E-state index in [-0.39, 0.29) is 28.8 Å². The van der Waals surface area contributed by atoms with E-state index in [0.29, 0.717) is 28.6 Å². The molecule has 10 nitrogen and oxygen atoms in total. The van der Waals surface area contributed by atoms with Gasteiger partial charge in [0, 0.05) is 24.2 Å². The number of hydrogen-bond acceptors (Lipinski definition) is 7. The van der Waals surface area contributed by atoms with E-state index in [0.717, 1.165) is 17.1 Å². The fourth-order valence-electron chi connectivity index (χ4n) is 4.33. The average molecular weight is 632 g/mol. The number of benzene rings is 3. The van der Waals surface area contributed by atoms with Gasteiger partial charge in [0.25, 0.3) is 10.0 Å². The minimum Gasteiger partial charge on any atom is -0.497 e. The van der Waals surface area contributed by atoms with E-state index >= 15 is 0 Å². The molecular formula is C31H38ClN3O7S. The van der Waals surface area contributed by atoms with Crippen molar-refractivity contribution in [2.45, 2.75) is 44.2 Å². The summed E-state index contributed by atoms with van der Waals surface area (Å²) in [6.07, 6.45) is 1.68. The normalized spacial score (nSPS) is 11.8. The van der Waals surface area contributed by atoms with E-state index in [9.17, 15) is 18.0 Å². The molecule has 43 heavy (non-hydrogen) atoms. The van der Waals surface area contributed by atoms with Crippen molar-refractivity contribution in [3.63, 3.8) is 0 Å². The minimum atomic E-state index is -4.31. The van der Waals surface area contributed by atoms with Gasteiger partial charge in [0.2, 0.25) is 11.8 Å². The molecule has 0 spiro atoms. The Morgan fingerprint density at radius 1 is 0.930 bits per heavy atom. The predicted molar refractivity (Wildman–Crippen MR) is 166 cm³/mol. The molecule has 2 amide bonds. The molecule has 0 aliphatic carbocycles. The molecule has 0 saturated carbocycles. The number of rotatable bonds is 15. The Hall–Kier alpha value is -3.96. The number of hydrogen-bond donors (Lipinski definition) is 1. The second-order valence-electron chi connectivity index (χ2n) is 9.70. The van der Waals surface area contributed by atoms with E-state index in [1.165, 1.54) is 68.7 Å². The van der Waals surface area contributed by atoms with E-state index < -0.39 is 28.5 Å². The highest BCUT2D eigenvalue weighted by Crippen LogP contribution is 2.32. The van der Waals surface area contributed by atoms with Gasteiger partial charge in [-0.25, -0.2) is 8.42 Å². The van der Waals surface area contributed by atoms with Gasteiger partial charge in [0.1, 0.15) is 18.3 Å². The van der Waals surface area contributed by atoms with Crippen molar-refractivity contribution in [1.82, 2.24) is 10.2 Å². The van der Waals surface area contributed by atoms with Gasteiger partial charge >= 0.3 is 0 Å². The highest BCUT2D eigenvalue weighted by atomic mass is 35.5. The van der Waals surface area contributed by atoms with E-state index in [1.807, 2.05) is 13.0 Å². The SMILES string of the molecule is CCCCNC(=O)[C@H](C)N(Cc1cccc(OC)c1)C(=O)CN(c1ccc(Cl)cc1)S(=O)(=O)c1ccc(OC)c(OC)c1. The summed E-state index contributed by atoms with van der Waals surface area (Å²) in [6, 6.07) is 16.5. The highest BCUT2D eigenvalue weighted by molar-refractivity contribution is 7.92. The van der Waals surface area contributed by atoms with Gasteiger partial charge in [-0.05, 0) is 67.4 Å². The molecule has 0 radical (unpaired) electrons. The average Bonchev–Trinajstić information content (AvgIpc) is 3.02. The molecule has 0 heterocycles. The number of ether oxygens (including phenoxy) is 3. The molecule has 3 aromatic rings. The van der Waals surface area contributed by atoms with Crippen LogP contribution >= 0.6 is 11.6 Å². The molecule has 3 aromatic carbocycles. The molecule has 12 heteroatoms. The smallest absolute Gasteiger partial charge is 0.264 e. The van der Waals surface area contributed by atoms with Crippen LogP contribution in [0.3, 0.4) is 0 Å². The lowest BCUT2D eigenvalue weighted by atomic mass is 10.1. The minimum absolute atomic E-state index is 0.0449. The summed E-state index contributed by atoms with van der Waals surface area (Å²) in [7, 11) is 0.0696. The largest absolute Gasteiger partial charge is 0.497 e. The summed E-state index contributed by atoms with van der Waals surface area (Å²) in [5, 5.41) is 3.27. The highest BCUT2D eigenvalue weighted by Gasteiger charge is 2.33. The van der Waals surface area contributed by atoms with Crippen molar-refractivity contribution in [1.29, 1.82) is 0 Å². The fraction of sp³-hybridized carbons (Fsp3) is 0.355. The number of nitrogens with zero attached hydrogens (tertiary/aromatic N) is 2. The zero-order valence-corrected chi connectivity index (χ0v) is 26.6. The number of carbonyl (C=O) groups excluding carboxylic acids is 2. The van der Waals surface area contributed by atoms with Crippen molar-refractivity contribution in [2.24, 2.45) is 0 Å². The summed E-state index contributed by atoms with van der Waals surface area (Å²) < 4.78 is 45.1. The number of anilines is 1. The number of unbranched alkanes of at least 4 members (excludes halogenated alkanes) is 1. The predicted octanol–water partition coefficient (Wildman–Crippen LogP) is 4.89. The Bertz CT molecular complexity index is 1500. The maximum absolute atomic E-state index is 14.1. The van der Waals surface area contributed by atoms with Gasteiger partial charge < -0.3 is 24.4 Å². The molecule has 0 unspecified atom stereocenters. The number of carbonyl (C=O) groups is 2. The summed E-state index contributed by atoms with van der Waals surface area (Å²) in [5.74, 6) is 0.222. The second kappa shape index (κ2) is 15.5. The van der Waals surface area contributed by atoms with Crippen molar-refractivity contribution in [3.05, 3.63) is 77.3 Å². The first-order chi connectivity index (χ1) is 20.5. The van der Waals surface area contributed by atoms with Crippen LogP contribution in [-0.2, 0) is 26.2 Å². The fourth-order valence-corrected chi connectivity index (χ4v) is 5.88. The van der Waals surface area contributed by atoms with Crippen LogP contribution in [0.4, 0.5) is 5.69 Å². The molecule has 0 saturated heterocycles. The van der Waals surface area contributed by atoms with E-state index in [2.05, 4.69) is 5.32 Å². The molecule has 3 rings (SSSR count). The van der Waals surface area contributed by atoms with Crippen LogP contribution in [-0.4, -0.2) is 65.6 Å². The van der Waals surface area contributed by atoms with Crippen LogP contribution in [0, 0.1) is 0 Å². The lowest BCUT2D eigenvalue weighted by molar-refractivity contribution is -0.139. The van der Waals surface area contributed by atoms with Crippen molar-refractivity contribution >= 4 is 39.1 Å². The van der Waals surface area contributed by atoms with Crippen LogP contribution in [0.5, 0.6) is 17.2 Å². The van der Waals surface area contributed by atoms with Gasteiger partial charge in [-0.1, -0.05) is 37.1 Å². The zero-order chi connectivity index (χ0) is 31.6. The maximum Gasteiger partial charge on any atom is 0.264 e. The van der Waals surface area contributed by atoms with Gasteiger partial charge in [-0.3, -0.25) is 13.9 Å². The van der Waals surface area contributed by atoms with Crippen LogP contribution in [0.15, 0.2) is 71.6 Å². The summed E-state index contributed by atoms with van der Waals surface area (Å²) in [5.41, 5.74) is 0.926. The molecule has 232 valence electrons. The van der Waals surface area contributed by atoms with Crippen molar-refractivity contribution < 1.29 is 32.2 Å². The van der Waals surface area contributed by atoms with E-state index in [1.54, 1.807) is 25.1 Å². The number of halogens is 1. The molecule has 0 fully saturated rings. The molecule has 0 aliphatic rings. The molecule has 0 aliphatic heterocycles. The molecule has 0 aromatic heterocycles. The standard InChI is InChI=1S/C31H38ClN3O7S/c1-6-7-17-33-31(37)22(2)34(20-23-9-8-10-26(18-23)40-3)30(36)21-35(25-13-11-24(32)12-14-25)43(38,39)27-15-16-28(41-4)29(19-27)42-5/h8-16,18-19,22H,6-7,17,20-21H2,1-5H3,(H,33,37)/t22-/m0/s1. The maximum atomic E-state index is 14.1. The summed E-state index contributed by atoms with van der Waals surface area (Å²) >= 11 is 6.09. The third-order valence-corrected chi connectivity index (χ3v) is 8.84. The quantitative estimate of drug-likeness (QED) is 0.238. The Morgan fingerprint density at radius 3 is 2.26 bits per heavy atom. The third kappa shape index (κ3) is 8.55. The van der Waals surface area contributed by atoms with Gasteiger partial charge in [0.15, 0.2) is 11.5 Å². The first-order valence-corrected chi connectivity index (χ1v) is 15.6. The second-order valence-corrected chi connectivity index (χ2v) is 12.0.